The minimum Gasteiger partial charge on any atom is -0.223 e. The quantitative estimate of drug-likeness (QED) is 0.727. The molecule has 3 aromatic rings. The zero-order chi connectivity index (χ0) is 15.0. The zero-order valence-electron chi connectivity index (χ0n) is 11.2. The maximum Gasteiger partial charge on any atom is 0.256 e. The van der Waals surface area contributed by atoms with Crippen LogP contribution in [-0.2, 0) is 0 Å². The standard InChI is InChI=1S/C13H10ClFN6/c1-7-3-8(2)10(9(15)4-7)11-18-12(14)20-13(19-11)21-6-16-5-17-21/h3-6H,1-2H3. The summed E-state index contributed by atoms with van der Waals surface area (Å²) in [5.41, 5.74) is 1.84. The summed E-state index contributed by atoms with van der Waals surface area (Å²) in [6.45, 7) is 3.61. The first-order valence-corrected chi connectivity index (χ1v) is 6.46. The van der Waals surface area contributed by atoms with Gasteiger partial charge >= 0.3 is 0 Å². The van der Waals surface area contributed by atoms with Gasteiger partial charge in [-0.3, -0.25) is 0 Å². The van der Waals surface area contributed by atoms with E-state index in [9.17, 15) is 4.39 Å². The van der Waals surface area contributed by atoms with Crippen LogP contribution in [0.4, 0.5) is 4.39 Å². The van der Waals surface area contributed by atoms with Crippen molar-refractivity contribution in [3.05, 3.63) is 47.0 Å². The van der Waals surface area contributed by atoms with Crippen LogP contribution in [0.2, 0.25) is 5.28 Å². The highest BCUT2D eigenvalue weighted by molar-refractivity contribution is 6.28. The fraction of sp³-hybridized carbons (Fsp3) is 0.154. The summed E-state index contributed by atoms with van der Waals surface area (Å²) in [6, 6.07) is 3.28. The molecule has 2 aromatic heterocycles. The third kappa shape index (κ3) is 2.59. The number of halogens is 2. The van der Waals surface area contributed by atoms with Crippen LogP contribution in [0.5, 0.6) is 0 Å². The molecule has 6 nitrogen and oxygen atoms in total. The van der Waals surface area contributed by atoms with Crippen molar-refractivity contribution in [2.75, 3.05) is 0 Å². The summed E-state index contributed by atoms with van der Waals surface area (Å²) in [4.78, 5) is 16.0. The molecule has 0 fully saturated rings. The van der Waals surface area contributed by atoms with Gasteiger partial charge in [0.15, 0.2) is 5.82 Å². The van der Waals surface area contributed by atoms with Crippen LogP contribution in [0.25, 0.3) is 17.3 Å². The Bertz CT molecular complexity index is 779. The Labute approximate surface area is 124 Å². The Morgan fingerprint density at radius 3 is 2.62 bits per heavy atom. The van der Waals surface area contributed by atoms with Gasteiger partial charge in [-0.25, -0.2) is 9.37 Å². The predicted octanol–water partition coefficient (Wildman–Crippen LogP) is 2.53. The summed E-state index contributed by atoms with van der Waals surface area (Å²) < 4.78 is 15.6. The number of benzene rings is 1. The van der Waals surface area contributed by atoms with Crippen molar-refractivity contribution in [3.8, 4) is 17.3 Å². The number of aromatic nitrogens is 6. The van der Waals surface area contributed by atoms with Crippen LogP contribution in [0.1, 0.15) is 11.1 Å². The molecule has 3 rings (SSSR count). The second-order valence-corrected chi connectivity index (χ2v) is 4.84. The molecule has 0 radical (unpaired) electrons. The second-order valence-electron chi connectivity index (χ2n) is 4.51. The molecular weight excluding hydrogens is 295 g/mol. The zero-order valence-corrected chi connectivity index (χ0v) is 12.0. The van der Waals surface area contributed by atoms with Crippen LogP contribution in [0.3, 0.4) is 0 Å². The lowest BCUT2D eigenvalue weighted by Crippen LogP contribution is -2.06. The van der Waals surface area contributed by atoms with Crippen molar-refractivity contribution in [1.82, 2.24) is 29.7 Å². The van der Waals surface area contributed by atoms with E-state index >= 15 is 0 Å². The third-order valence-corrected chi connectivity index (χ3v) is 3.04. The van der Waals surface area contributed by atoms with Gasteiger partial charge in [-0.15, -0.1) is 0 Å². The molecule has 0 aliphatic heterocycles. The van der Waals surface area contributed by atoms with E-state index in [2.05, 4.69) is 25.0 Å². The van der Waals surface area contributed by atoms with Gasteiger partial charge in [0.1, 0.15) is 18.5 Å². The molecule has 2 heterocycles. The lowest BCUT2D eigenvalue weighted by Gasteiger charge is -2.09. The topological polar surface area (TPSA) is 69.4 Å². The van der Waals surface area contributed by atoms with Crippen molar-refractivity contribution in [3.63, 3.8) is 0 Å². The monoisotopic (exact) mass is 304 g/mol. The molecule has 8 heteroatoms. The van der Waals surface area contributed by atoms with E-state index in [1.807, 2.05) is 13.0 Å². The highest BCUT2D eigenvalue weighted by atomic mass is 35.5. The van der Waals surface area contributed by atoms with E-state index in [-0.39, 0.29) is 17.1 Å². The Morgan fingerprint density at radius 2 is 1.95 bits per heavy atom. The highest BCUT2D eigenvalue weighted by Gasteiger charge is 2.15. The van der Waals surface area contributed by atoms with Crippen LogP contribution >= 0.6 is 11.6 Å². The fourth-order valence-electron chi connectivity index (χ4n) is 2.06. The van der Waals surface area contributed by atoms with Crippen LogP contribution in [-0.4, -0.2) is 29.7 Å². The van der Waals surface area contributed by atoms with Crippen LogP contribution in [0, 0.1) is 19.7 Å². The van der Waals surface area contributed by atoms with Crippen molar-refractivity contribution < 1.29 is 4.39 Å². The second kappa shape index (κ2) is 5.17. The number of nitrogens with zero attached hydrogens (tertiary/aromatic N) is 6. The largest absolute Gasteiger partial charge is 0.256 e. The van der Waals surface area contributed by atoms with Gasteiger partial charge in [0, 0.05) is 0 Å². The lowest BCUT2D eigenvalue weighted by atomic mass is 10.0. The molecule has 0 amide bonds. The van der Waals surface area contributed by atoms with Gasteiger partial charge < -0.3 is 0 Å². The predicted molar refractivity (Wildman–Crippen MR) is 74.6 cm³/mol. The average molecular weight is 305 g/mol. The van der Waals surface area contributed by atoms with Crippen molar-refractivity contribution >= 4 is 11.6 Å². The van der Waals surface area contributed by atoms with Crippen molar-refractivity contribution in [2.45, 2.75) is 13.8 Å². The fourth-order valence-corrected chi connectivity index (χ4v) is 2.22. The molecule has 0 saturated heterocycles. The van der Waals surface area contributed by atoms with Gasteiger partial charge in [0.25, 0.3) is 5.95 Å². The van der Waals surface area contributed by atoms with Crippen molar-refractivity contribution in [1.29, 1.82) is 0 Å². The number of hydrogen-bond acceptors (Lipinski definition) is 5. The lowest BCUT2D eigenvalue weighted by molar-refractivity contribution is 0.627. The first-order valence-electron chi connectivity index (χ1n) is 6.08. The molecule has 0 saturated carbocycles. The maximum atomic E-state index is 14.2. The van der Waals surface area contributed by atoms with E-state index in [0.29, 0.717) is 5.56 Å². The minimum absolute atomic E-state index is 0.0372. The highest BCUT2D eigenvalue weighted by Crippen LogP contribution is 2.26. The van der Waals surface area contributed by atoms with Gasteiger partial charge in [0.05, 0.1) is 5.56 Å². The number of aryl methyl sites for hydroxylation is 2. The molecular formula is C13H10ClFN6. The van der Waals surface area contributed by atoms with E-state index in [1.54, 1.807) is 6.92 Å². The molecule has 21 heavy (non-hydrogen) atoms. The van der Waals surface area contributed by atoms with Gasteiger partial charge in [-0.2, -0.15) is 24.7 Å². The summed E-state index contributed by atoms with van der Waals surface area (Å²) in [5, 5.41) is 3.88. The van der Waals surface area contributed by atoms with E-state index < -0.39 is 5.82 Å². The normalized spacial score (nSPS) is 10.9. The SMILES string of the molecule is Cc1cc(C)c(-c2nc(Cl)nc(-n3cncn3)n2)c(F)c1. The first-order chi connectivity index (χ1) is 10.0. The summed E-state index contributed by atoms with van der Waals surface area (Å²) in [7, 11) is 0. The summed E-state index contributed by atoms with van der Waals surface area (Å²) in [6.07, 6.45) is 2.77. The number of hydrogen-bond donors (Lipinski definition) is 0. The van der Waals surface area contributed by atoms with Crippen molar-refractivity contribution in [2.24, 2.45) is 0 Å². The molecule has 0 bridgehead atoms. The van der Waals surface area contributed by atoms with E-state index in [1.165, 1.54) is 23.4 Å². The smallest absolute Gasteiger partial charge is 0.223 e. The van der Waals surface area contributed by atoms with Crippen LogP contribution < -0.4 is 0 Å². The van der Waals surface area contributed by atoms with Gasteiger partial charge in [0.2, 0.25) is 5.28 Å². The van der Waals surface area contributed by atoms with E-state index in [0.717, 1.165) is 11.1 Å². The molecule has 0 spiro atoms. The molecule has 0 unspecified atom stereocenters. The molecule has 0 atom stereocenters. The summed E-state index contributed by atoms with van der Waals surface area (Å²) in [5.74, 6) is -0.0586. The van der Waals surface area contributed by atoms with Gasteiger partial charge in [-0.05, 0) is 42.6 Å². The van der Waals surface area contributed by atoms with Crippen LogP contribution in [0.15, 0.2) is 24.8 Å². The molecule has 106 valence electrons. The summed E-state index contributed by atoms with van der Waals surface area (Å²) >= 11 is 5.91. The van der Waals surface area contributed by atoms with Gasteiger partial charge in [-0.1, -0.05) is 6.07 Å². The molecule has 0 aliphatic rings. The Hall–Kier alpha value is -2.41. The molecule has 0 aliphatic carbocycles. The Kier molecular flexibility index (Phi) is 3.34. The molecule has 1 aromatic carbocycles. The third-order valence-electron chi connectivity index (χ3n) is 2.88. The maximum absolute atomic E-state index is 14.2. The average Bonchev–Trinajstić information content (AvgIpc) is 2.90. The minimum atomic E-state index is -0.403. The first kappa shape index (κ1) is 13.6. The van der Waals surface area contributed by atoms with E-state index in [4.69, 9.17) is 11.6 Å². The molecule has 0 N–H and O–H groups in total. The Balaban J connectivity index is 2.20. The number of rotatable bonds is 2. The Morgan fingerprint density at radius 1 is 1.14 bits per heavy atom.